The van der Waals surface area contributed by atoms with Crippen molar-refractivity contribution in [1.82, 2.24) is 9.80 Å². The van der Waals surface area contributed by atoms with Crippen molar-refractivity contribution in [1.29, 1.82) is 0 Å². The number of amides is 2. The van der Waals surface area contributed by atoms with E-state index in [1.54, 1.807) is 31.9 Å². The molecule has 36 heavy (non-hydrogen) atoms. The Kier molecular flexibility index (Phi) is 12.5. The Morgan fingerprint density at radius 1 is 0.778 bits per heavy atom. The summed E-state index contributed by atoms with van der Waals surface area (Å²) in [4.78, 5) is 49.7. The van der Waals surface area contributed by atoms with Crippen molar-refractivity contribution in [2.45, 2.75) is 82.5 Å². The number of carbonyl (C=O) groups excluding carboxylic acids is 3. The smallest absolute Gasteiger partial charge is 0.410 e. The number of carboxylic acid groups (broad SMARTS) is 1. The van der Waals surface area contributed by atoms with Crippen LogP contribution >= 0.6 is 23.5 Å². The van der Waals surface area contributed by atoms with Crippen molar-refractivity contribution in [3.8, 4) is 0 Å². The maximum absolute atomic E-state index is 11.9. The molecule has 10 nitrogen and oxygen atoms in total. The SMILES string of the molecule is C.COC(=O)[C@]1(SC)CCN(C(=O)OC(C)(C)C)C1.CS[C@@]1(C(=O)O)CCN(C(=O)OC(C)(C)C)C1. The van der Waals surface area contributed by atoms with Gasteiger partial charge in [0.1, 0.15) is 20.7 Å². The molecule has 2 saturated heterocycles. The van der Waals surface area contributed by atoms with Gasteiger partial charge in [-0.3, -0.25) is 9.59 Å². The monoisotopic (exact) mass is 552 g/mol. The standard InChI is InChI=1S/C12H21NO4S.C11H19NO4S.CH4/c1-11(2,3)17-10(15)13-7-6-12(8-13,18-5)9(14)16-4;1-10(2,3)16-9(15)12-6-5-11(7-12,17-4)8(13)14;/h6-8H2,1-5H3;5-7H2,1-4H3,(H,13,14);1H4/t12-;11-;/m00./s1. The van der Waals surface area contributed by atoms with Crippen molar-refractivity contribution < 1.29 is 38.5 Å². The average molecular weight is 553 g/mol. The minimum atomic E-state index is -0.878. The van der Waals surface area contributed by atoms with Crippen molar-refractivity contribution in [3.63, 3.8) is 0 Å². The van der Waals surface area contributed by atoms with E-state index in [9.17, 15) is 24.3 Å². The van der Waals surface area contributed by atoms with E-state index >= 15 is 0 Å². The largest absolute Gasteiger partial charge is 0.480 e. The molecule has 0 bridgehead atoms. The summed E-state index contributed by atoms with van der Waals surface area (Å²) in [5.41, 5.74) is -1.07. The van der Waals surface area contributed by atoms with Gasteiger partial charge in [0, 0.05) is 26.2 Å². The number of methoxy groups -OCH3 is 1. The van der Waals surface area contributed by atoms with Crippen LogP contribution in [0.4, 0.5) is 9.59 Å². The molecule has 0 aromatic carbocycles. The van der Waals surface area contributed by atoms with Crippen molar-refractivity contribution in [2.24, 2.45) is 0 Å². The predicted molar refractivity (Wildman–Crippen MR) is 144 cm³/mol. The molecule has 0 unspecified atom stereocenters. The van der Waals surface area contributed by atoms with Gasteiger partial charge in [0.25, 0.3) is 0 Å². The molecule has 2 rings (SSSR count). The fourth-order valence-electron chi connectivity index (χ4n) is 3.56. The topological polar surface area (TPSA) is 123 Å². The van der Waals surface area contributed by atoms with E-state index in [0.717, 1.165) is 0 Å². The Balaban J connectivity index is 0.000000663. The highest BCUT2D eigenvalue weighted by Crippen LogP contribution is 2.36. The first-order valence-electron chi connectivity index (χ1n) is 11.3. The van der Waals surface area contributed by atoms with Crippen LogP contribution in [0.15, 0.2) is 0 Å². The van der Waals surface area contributed by atoms with Crippen LogP contribution in [0.5, 0.6) is 0 Å². The fraction of sp³-hybridized carbons (Fsp3) is 0.833. The summed E-state index contributed by atoms with van der Waals surface area (Å²) >= 11 is 2.71. The molecule has 2 fully saturated rings. The lowest BCUT2D eigenvalue weighted by atomic mass is 10.1. The molecule has 2 amide bonds. The molecule has 0 aliphatic carbocycles. The van der Waals surface area contributed by atoms with Crippen LogP contribution in [0.25, 0.3) is 0 Å². The number of hydrogen-bond donors (Lipinski definition) is 1. The lowest BCUT2D eigenvalue weighted by Gasteiger charge is -2.26. The highest BCUT2D eigenvalue weighted by Gasteiger charge is 2.48. The zero-order valence-corrected chi connectivity index (χ0v) is 23.9. The Morgan fingerprint density at radius 2 is 1.14 bits per heavy atom. The first kappa shape index (κ1) is 34.2. The van der Waals surface area contributed by atoms with E-state index in [0.29, 0.717) is 32.5 Å². The minimum Gasteiger partial charge on any atom is -0.480 e. The summed E-state index contributed by atoms with van der Waals surface area (Å²) in [5, 5.41) is 9.20. The van der Waals surface area contributed by atoms with E-state index in [1.165, 1.54) is 35.5 Å². The van der Waals surface area contributed by atoms with Crippen LogP contribution in [0.2, 0.25) is 0 Å². The number of ether oxygens (including phenoxy) is 3. The molecule has 2 heterocycles. The Labute approximate surface area is 224 Å². The zero-order chi connectivity index (χ0) is 27.2. The Hall–Kier alpha value is -1.82. The normalized spacial score (nSPS) is 23.7. The summed E-state index contributed by atoms with van der Waals surface area (Å²) in [6.07, 6.45) is 3.86. The summed E-state index contributed by atoms with van der Waals surface area (Å²) in [6.45, 7) is 12.3. The van der Waals surface area contributed by atoms with Crippen LogP contribution in [0, 0.1) is 0 Å². The third kappa shape index (κ3) is 9.24. The highest BCUT2D eigenvalue weighted by molar-refractivity contribution is 8.01. The summed E-state index contributed by atoms with van der Waals surface area (Å²) in [5.74, 6) is -1.14. The first-order chi connectivity index (χ1) is 15.9. The second-order valence-corrected chi connectivity index (χ2v) is 12.9. The van der Waals surface area contributed by atoms with Crippen LogP contribution < -0.4 is 0 Å². The lowest BCUT2D eigenvalue weighted by molar-refractivity contribution is -0.143. The molecule has 0 radical (unpaired) electrons. The molecular weight excluding hydrogens is 508 g/mol. The number of carbonyl (C=O) groups is 4. The number of thioether (sulfide) groups is 2. The van der Waals surface area contributed by atoms with Gasteiger partial charge in [0.2, 0.25) is 0 Å². The van der Waals surface area contributed by atoms with Gasteiger partial charge >= 0.3 is 24.1 Å². The van der Waals surface area contributed by atoms with Gasteiger partial charge in [0.05, 0.1) is 7.11 Å². The lowest BCUT2D eigenvalue weighted by Crippen LogP contribution is -2.42. The second kappa shape index (κ2) is 13.1. The van der Waals surface area contributed by atoms with Gasteiger partial charge < -0.3 is 29.1 Å². The number of carboxylic acids is 1. The minimum absolute atomic E-state index is 0. The van der Waals surface area contributed by atoms with Crippen molar-refractivity contribution in [3.05, 3.63) is 0 Å². The maximum Gasteiger partial charge on any atom is 0.410 e. The van der Waals surface area contributed by atoms with Gasteiger partial charge in [-0.25, -0.2) is 9.59 Å². The molecule has 0 aromatic heterocycles. The van der Waals surface area contributed by atoms with E-state index in [-0.39, 0.29) is 26.0 Å². The third-order valence-corrected chi connectivity index (χ3v) is 8.07. The van der Waals surface area contributed by atoms with Crippen molar-refractivity contribution >= 4 is 47.6 Å². The van der Waals surface area contributed by atoms with Crippen LogP contribution in [0.3, 0.4) is 0 Å². The quantitative estimate of drug-likeness (QED) is 0.398. The van der Waals surface area contributed by atoms with Crippen LogP contribution in [-0.4, -0.2) is 106 Å². The number of hydrogen-bond acceptors (Lipinski definition) is 9. The van der Waals surface area contributed by atoms with E-state index < -0.39 is 32.8 Å². The molecule has 0 aromatic rings. The number of nitrogens with zero attached hydrogens (tertiary/aromatic N) is 2. The molecule has 2 aliphatic rings. The number of esters is 1. The van der Waals surface area contributed by atoms with Crippen LogP contribution in [0.1, 0.15) is 61.8 Å². The van der Waals surface area contributed by atoms with Gasteiger partial charge in [-0.15, -0.1) is 23.5 Å². The third-order valence-electron chi connectivity index (χ3n) is 5.50. The molecule has 12 heteroatoms. The maximum atomic E-state index is 11.9. The van der Waals surface area contributed by atoms with E-state index in [2.05, 4.69) is 0 Å². The molecule has 2 aliphatic heterocycles. The van der Waals surface area contributed by atoms with E-state index in [1.807, 2.05) is 27.0 Å². The predicted octanol–water partition coefficient (Wildman–Crippen LogP) is 4.35. The van der Waals surface area contributed by atoms with Crippen molar-refractivity contribution in [2.75, 3.05) is 45.8 Å². The highest BCUT2D eigenvalue weighted by atomic mass is 32.2. The van der Waals surface area contributed by atoms with Gasteiger partial charge in [-0.1, -0.05) is 7.43 Å². The molecule has 0 spiro atoms. The fourth-order valence-corrected chi connectivity index (χ4v) is 5.14. The average Bonchev–Trinajstić information content (AvgIpc) is 3.37. The van der Waals surface area contributed by atoms with Gasteiger partial charge in [-0.05, 0) is 66.9 Å². The molecule has 1 N–H and O–H groups in total. The number of aliphatic carboxylic acids is 1. The summed E-state index contributed by atoms with van der Waals surface area (Å²) < 4.78 is 13.8. The molecule has 0 saturated carbocycles. The Bertz CT molecular complexity index is 796. The Morgan fingerprint density at radius 3 is 1.42 bits per heavy atom. The summed E-state index contributed by atoms with van der Waals surface area (Å²) in [6, 6.07) is 0. The molecular formula is C24H44N2O8S2. The van der Waals surface area contributed by atoms with Crippen LogP contribution in [-0.2, 0) is 23.8 Å². The summed E-state index contributed by atoms with van der Waals surface area (Å²) in [7, 11) is 1.37. The van der Waals surface area contributed by atoms with Gasteiger partial charge in [0.15, 0.2) is 0 Å². The zero-order valence-electron chi connectivity index (χ0n) is 22.3. The molecule has 2 atom stereocenters. The van der Waals surface area contributed by atoms with E-state index in [4.69, 9.17) is 14.2 Å². The number of likely N-dealkylation sites (tertiary alicyclic amines) is 2. The number of rotatable bonds is 4. The first-order valence-corrected chi connectivity index (χ1v) is 13.8. The second-order valence-electron chi connectivity index (χ2n) is 10.5. The molecule has 210 valence electrons. The van der Waals surface area contributed by atoms with Gasteiger partial charge in [-0.2, -0.15) is 0 Å².